The highest BCUT2D eigenvalue weighted by molar-refractivity contribution is 5.07. The van der Waals surface area contributed by atoms with Gasteiger partial charge in [0.05, 0.1) is 5.92 Å². The van der Waals surface area contributed by atoms with E-state index >= 15 is 0 Å². The average molecular weight is 762 g/mol. The summed E-state index contributed by atoms with van der Waals surface area (Å²) in [7, 11) is 0. The van der Waals surface area contributed by atoms with E-state index in [0.29, 0.717) is 49.6 Å². The van der Waals surface area contributed by atoms with Gasteiger partial charge in [0.15, 0.2) is 0 Å². The van der Waals surface area contributed by atoms with Crippen LogP contribution < -0.4 is 0 Å². The van der Waals surface area contributed by atoms with Gasteiger partial charge in [-0.2, -0.15) is 52.7 Å². The van der Waals surface area contributed by atoms with Crippen LogP contribution in [0.25, 0.3) is 0 Å². The van der Waals surface area contributed by atoms with E-state index in [1.165, 1.54) is 6.92 Å². The molecule has 0 spiro atoms. The molecule has 0 aromatic carbocycles. The normalized spacial score (nSPS) is 22.2. The van der Waals surface area contributed by atoms with Crippen LogP contribution in [0, 0.1) is 17.8 Å². The molecule has 0 N–H and O–H groups in total. The van der Waals surface area contributed by atoms with Crippen LogP contribution in [0.1, 0.15) is 58.8 Å². The summed E-state index contributed by atoms with van der Waals surface area (Å²) in [6.45, 7) is 3.49. The lowest BCUT2D eigenvalue weighted by atomic mass is 9.89. The van der Waals surface area contributed by atoms with Crippen molar-refractivity contribution in [3.63, 3.8) is 0 Å². The van der Waals surface area contributed by atoms with Gasteiger partial charge < -0.3 is 14.7 Å². The van der Waals surface area contributed by atoms with E-state index in [0.717, 1.165) is 22.6 Å². The van der Waals surface area contributed by atoms with Crippen LogP contribution in [-0.4, -0.2) is 78.7 Å². The minimum atomic E-state index is -4.98. The van der Waals surface area contributed by atoms with Gasteiger partial charge in [0, 0.05) is 39.3 Å². The molecule has 0 aromatic heterocycles. The number of hydrogen-bond donors (Lipinski definition) is 0. The molecule has 21 heteroatoms. The quantitative estimate of drug-likeness (QED) is 0.265. The second-order valence-electron chi connectivity index (χ2n) is 11.5. The highest BCUT2D eigenvalue weighted by Gasteiger charge is 2.47. The van der Waals surface area contributed by atoms with Crippen LogP contribution in [0.4, 0.5) is 80.0 Å². The van der Waals surface area contributed by atoms with Gasteiger partial charge in [-0.1, -0.05) is 26.7 Å². The van der Waals surface area contributed by atoms with Crippen molar-refractivity contribution in [2.75, 3.05) is 39.3 Å². The molecule has 0 radical (unpaired) electrons. The van der Waals surface area contributed by atoms with Crippen LogP contribution in [0.15, 0.2) is 36.1 Å². The van der Waals surface area contributed by atoms with Crippen molar-refractivity contribution in [1.82, 2.24) is 14.7 Å². The molecule has 49 heavy (non-hydrogen) atoms. The third-order valence-electron chi connectivity index (χ3n) is 7.72. The Kier molecular flexibility index (Phi) is 22.3. The first kappa shape index (κ1) is 50.7. The lowest BCUT2D eigenvalue weighted by molar-refractivity contribution is -0.194. The monoisotopic (exact) mass is 761 g/mol. The summed E-state index contributed by atoms with van der Waals surface area (Å²) in [6, 6.07) is 0. The zero-order valence-corrected chi connectivity index (χ0v) is 26.4. The van der Waals surface area contributed by atoms with Gasteiger partial charge in [0.1, 0.15) is 36.1 Å². The van der Waals surface area contributed by atoms with E-state index < -0.39 is 66.5 Å². The fraction of sp³-hybridized carbons (Fsp3) is 0.786. The van der Waals surface area contributed by atoms with E-state index in [-0.39, 0.29) is 52.8 Å². The van der Waals surface area contributed by atoms with Gasteiger partial charge in [-0.25, -0.2) is 13.2 Å². The van der Waals surface area contributed by atoms with Gasteiger partial charge in [0.2, 0.25) is 0 Å². The highest BCUT2D eigenvalue weighted by atomic mass is 19.4. The van der Waals surface area contributed by atoms with Crippen molar-refractivity contribution in [3.8, 4) is 0 Å². The first-order chi connectivity index (χ1) is 21.1. The number of rotatable bonds is 3. The summed E-state index contributed by atoms with van der Waals surface area (Å²) in [5, 5.41) is 0. The molecule has 3 nitrogen and oxygen atoms in total. The molecule has 0 aliphatic carbocycles. The topological polar surface area (TPSA) is 9.72 Å². The fourth-order valence-electron chi connectivity index (χ4n) is 5.28. The summed E-state index contributed by atoms with van der Waals surface area (Å²) >= 11 is 0. The molecule has 2 atom stereocenters. The number of nitrogens with zero attached hydrogens (tertiary/aromatic N) is 3. The van der Waals surface area contributed by atoms with E-state index in [1.807, 2.05) is 6.92 Å². The maximum atomic E-state index is 12.5. The van der Waals surface area contributed by atoms with Crippen molar-refractivity contribution in [1.29, 1.82) is 0 Å². The van der Waals surface area contributed by atoms with Gasteiger partial charge in [-0.3, -0.25) is 14.1 Å². The van der Waals surface area contributed by atoms with Crippen LogP contribution >= 0.6 is 0 Å². The molecule has 2 unspecified atom stereocenters. The molecular formula is C28H41F18N3. The van der Waals surface area contributed by atoms with E-state index in [1.54, 1.807) is 0 Å². The first-order valence-corrected chi connectivity index (χ1v) is 14.5. The molecule has 0 aromatic rings. The molecule has 294 valence electrons. The molecule has 0 saturated carbocycles. The van der Waals surface area contributed by atoms with Gasteiger partial charge in [-0.05, 0) is 43.9 Å². The van der Waals surface area contributed by atoms with Crippen molar-refractivity contribution in [2.45, 2.75) is 83.5 Å². The molecule has 0 amide bonds. The summed E-state index contributed by atoms with van der Waals surface area (Å²) in [5.41, 5.74) is -3.94. The smallest absolute Gasteiger partial charge is 0.366 e. The Morgan fingerprint density at radius 2 is 0.837 bits per heavy atom. The molecule has 3 rings (SSSR count). The Morgan fingerprint density at radius 3 is 1.16 bits per heavy atom. The lowest BCUT2D eigenvalue weighted by Crippen LogP contribution is -2.46. The Morgan fingerprint density at radius 1 is 0.490 bits per heavy atom. The Balaban J connectivity index is -0.000000635. The van der Waals surface area contributed by atoms with Crippen LogP contribution in [0.3, 0.4) is 0 Å². The number of allylic oxidation sites excluding steroid dienone is 3. The molecule has 3 heterocycles. The minimum Gasteiger partial charge on any atom is -0.366 e. The largest absolute Gasteiger partial charge is 0.433 e. The molecule has 3 fully saturated rings. The molecular weight excluding hydrogens is 720 g/mol. The second kappa shape index (κ2) is 21.5. The number of halogens is 18. The predicted molar refractivity (Wildman–Crippen MR) is 148 cm³/mol. The van der Waals surface area contributed by atoms with Gasteiger partial charge >= 0.3 is 24.7 Å². The lowest BCUT2D eigenvalue weighted by Gasteiger charge is -2.39. The Bertz CT molecular complexity index is 985. The maximum Gasteiger partial charge on any atom is 0.433 e. The molecule has 0 bridgehead atoms. The zero-order chi connectivity index (χ0) is 35.5. The second-order valence-corrected chi connectivity index (χ2v) is 11.5. The van der Waals surface area contributed by atoms with E-state index in [2.05, 4.69) is 0 Å². The van der Waals surface area contributed by atoms with Crippen molar-refractivity contribution < 1.29 is 80.0 Å². The summed E-state index contributed by atoms with van der Waals surface area (Å²) in [4.78, 5) is 2.58. The Labute approximate surface area is 271 Å². The van der Waals surface area contributed by atoms with Crippen molar-refractivity contribution in [2.24, 2.45) is 17.8 Å². The SMILES string of the molecule is CC1CC(C(F)(F)F)CN(/C(=C\F)C(F)(F)F)C1.CC1CCN(/C(=C\F)C(F)(F)F)CC1.F.F.F.F/C=C(\N1CCCCCC1)C(F)(F)F. The fourth-order valence-corrected chi connectivity index (χ4v) is 5.28. The summed E-state index contributed by atoms with van der Waals surface area (Å²) in [5.74, 6) is -2.01. The number of hydrogen-bond acceptors (Lipinski definition) is 3. The minimum absolute atomic E-state index is 0. The third-order valence-corrected chi connectivity index (χ3v) is 7.72. The first-order valence-electron chi connectivity index (χ1n) is 14.5. The van der Waals surface area contributed by atoms with Crippen LogP contribution in [0.5, 0.6) is 0 Å². The average Bonchev–Trinajstić information content (AvgIpc) is 3.18. The number of alkyl halides is 12. The van der Waals surface area contributed by atoms with Crippen molar-refractivity contribution in [3.05, 3.63) is 36.1 Å². The number of piperidine rings is 2. The summed E-state index contributed by atoms with van der Waals surface area (Å²) < 4.78 is 185. The third kappa shape index (κ3) is 17.2. The van der Waals surface area contributed by atoms with Crippen LogP contribution in [-0.2, 0) is 0 Å². The molecule has 3 aliphatic rings. The summed E-state index contributed by atoms with van der Waals surface area (Å²) in [6.07, 6.45) is -15.6. The van der Waals surface area contributed by atoms with E-state index in [9.17, 15) is 65.9 Å². The highest BCUT2D eigenvalue weighted by Crippen LogP contribution is 2.39. The maximum absolute atomic E-state index is 12.5. The standard InChI is InChI=1S/C10H12F7N.2C9H13F4N.3FH/c1-6-2-7(9(12,13)14)5-18(4-6)8(3-11)10(15,16)17;1-7-2-4-14(5-3-7)8(6-10)9(11,12)13;10-7-8(9(11,12)13)14-5-3-1-2-4-6-14;;;/h3,6-7H,2,4-5H2,1H3;6-7H,2-5H2,1H3;7H,1-6H2;3*1H/b8-3-;8-6-;8-7-;;;. The van der Waals surface area contributed by atoms with Gasteiger partial charge in [-0.15, -0.1) is 0 Å². The zero-order valence-electron chi connectivity index (χ0n) is 26.4. The number of likely N-dealkylation sites (tertiary alicyclic amines) is 3. The predicted octanol–water partition coefficient (Wildman–Crippen LogP) is 10.7. The molecule has 3 saturated heterocycles. The van der Waals surface area contributed by atoms with Gasteiger partial charge in [0.25, 0.3) is 0 Å². The molecule has 3 aliphatic heterocycles. The van der Waals surface area contributed by atoms with E-state index in [4.69, 9.17) is 0 Å². The van der Waals surface area contributed by atoms with Crippen LogP contribution in [0.2, 0.25) is 0 Å². The van der Waals surface area contributed by atoms with Crippen molar-refractivity contribution >= 4 is 0 Å². The Hall–Kier alpha value is -2.64.